The van der Waals surface area contributed by atoms with Crippen LogP contribution in [0.1, 0.15) is 25.5 Å². The predicted molar refractivity (Wildman–Crippen MR) is 59.8 cm³/mol. The molecule has 0 aromatic heterocycles. The summed E-state index contributed by atoms with van der Waals surface area (Å²) >= 11 is 0. The zero-order chi connectivity index (χ0) is 13.0. The summed E-state index contributed by atoms with van der Waals surface area (Å²) in [6.07, 6.45) is 0.493. The Morgan fingerprint density at radius 1 is 1.35 bits per heavy atom. The van der Waals surface area contributed by atoms with Crippen LogP contribution in [-0.2, 0) is 9.59 Å². The number of hydrogen-bond acceptors (Lipinski definition) is 2. The molecule has 1 aromatic carbocycles. The number of benzene rings is 1. The molecule has 17 heavy (non-hydrogen) atoms. The number of aliphatic carboxylic acids is 1. The van der Waals surface area contributed by atoms with Gasteiger partial charge in [-0.1, -0.05) is 12.1 Å². The van der Waals surface area contributed by atoms with Gasteiger partial charge in [0.15, 0.2) is 6.04 Å². The number of nitrogens with zero attached hydrogens (tertiary/aromatic N) is 1. The summed E-state index contributed by atoms with van der Waals surface area (Å²) in [5.74, 6) is -1.59. The number of rotatable bonds is 5. The highest BCUT2D eigenvalue weighted by atomic mass is 19.1. The second-order valence-corrected chi connectivity index (χ2v) is 3.94. The van der Waals surface area contributed by atoms with E-state index in [1.807, 2.05) is 0 Å². The van der Waals surface area contributed by atoms with Crippen LogP contribution in [0.15, 0.2) is 24.3 Å². The molecule has 0 fully saturated rings. The lowest BCUT2D eigenvalue weighted by Gasteiger charge is -2.28. The van der Waals surface area contributed by atoms with Crippen molar-refractivity contribution in [1.82, 2.24) is 4.90 Å². The fraction of sp³-hybridized carbons (Fsp3) is 0.333. The molecule has 0 spiro atoms. The van der Waals surface area contributed by atoms with Crippen LogP contribution in [0.2, 0.25) is 0 Å². The van der Waals surface area contributed by atoms with Gasteiger partial charge in [-0.2, -0.15) is 0 Å². The standard InChI is InChI=1S/C12H14FNO3/c1-8(2)14(7-15)11(12(16)17)9-3-5-10(13)6-4-9/h3-8,11H,1-2H3,(H,16,17). The predicted octanol–water partition coefficient (Wildman–Crippen LogP) is 1.82. The molecule has 1 N–H and O–H groups in total. The Morgan fingerprint density at radius 2 is 1.88 bits per heavy atom. The molecule has 0 saturated carbocycles. The average molecular weight is 239 g/mol. The third-order valence-electron chi connectivity index (χ3n) is 2.44. The normalized spacial score (nSPS) is 12.2. The minimum atomic E-state index is -1.14. The van der Waals surface area contributed by atoms with Crippen molar-refractivity contribution >= 4 is 12.4 Å². The lowest BCUT2D eigenvalue weighted by Crippen LogP contribution is -2.38. The maximum atomic E-state index is 12.8. The number of carboxylic acid groups (broad SMARTS) is 1. The van der Waals surface area contributed by atoms with E-state index in [1.165, 1.54) is 29.2 Å². The topological polar surface area (TPSA) is 57.6 Å². The van der Waals surface area contributed by atoms with Crippen molar-refractivity contribution in [3.05, 3.63) is 35.6 Å². The van der Waals surface area contributed by atoms with E-state index in [1.54, 1.807) is 13.8 Å². The van der Waals surface area contributed by atoms with Gasteiger partial charge in [0, 0.05) is 6.04 Å². The van der Waals surface area contributed by atoms with Crippen LogP contribution < -0.4 is 0 Å². The first-order valence-corrected chi connectivity index (χ1v) is 5.18. The van der Waals surface area contributed by atoms with Gasteiger partial charge in [0.25, 0.3) is 0 Å². The molecule has 0 heterocycles. The van der Waals surface area contributed by atoms with E-state index in [2.05, 4.69) is 0 Å². The molecule has 0 radical (unpaired) electrons. The number of carbonyl (C=O) groups is 2. The molecule has 0 saturated heterocycles. The summed E-state index contributed by atoms with van der Waals surface area (Å²) in [7, 11) is 0. The van der Waals surface area contributed by atoms with Crippen molar-refractivity contribution in [3.8, 4) is 0 Å². The summed E-state index contributed by atoms with van der Waals surface area (Å²) in [5, 5.41) is 9.15. The molecule has 4 nitrogen and oxygen atoms in total. The molecule has 1 aromatic rings. The zero-order valence-electron chi connectivity index (χ0n) is 9.63. The third-order valence-corrected chi connectivity index (χ3v) is 2.44. The zero-order valence-corrected chi connectivity index (χ0v) is 9.63. The molecule has 5 heteroatoms. The maximum absolute atomic E-state index is 12.8. The Morgan fingerprint density at radius 3 is 2.24 bits per heavy atom. The van der Waals surface area contributed by atoms with Crippen LogP contribution in [0.25, 0.3) is 0 Å². The number of hydrogen-bond donors (Lipinski definition) is 1. The Balaban J connectivity index is 3.12. The summed E-state index contributed by atoms with van der Waals surface area (Å²) in [6.45, 7) is 3.43. The Labute approximate surface area is 98.7 Å². The van der Waals surface area contributed by atoms with Crippen molar-refractivity contribution in [2.24, 2.45) is 0 Å². The van der Waals surface area contributed by atoms with Gasteiger partial charge < -0.3 is 10.0 Å². The summed E-state index contributed by atoms with van der Waals surface area (Å²) in [5.41, 5.74) is 0.375. The van der Waals surface area contributed by atoms with E-state index < -0.39 is 17.8 Å². The van der Waals surface area contributed by atoms with Crippen molar-refractivity contribution in [1.29, 1.82) is 0 Å². The van der Waals surface area contributed by atoms with Gasteiger partial charge in [-0.3, -0.25) is 4.79 Å². The average Bonchev–Trinajstić information content (AvgIpc) is 2.26. The van der Waals surface area contributed by atoms with Crippen molar-refractivity contribution in [3.63, 3.8) is 0 Å². The molecule has 1 amide bonds. The molecule has 1 atom stereocenters. The van der Waals surface area contributed by atoms with E-state index in [4.69, 9.17) is 5.11 Å². The van der Waals surface area contributed by atoms with E-state index >= 15 is 0 Å². The van der Waals surface area contributed by atoms with Crippen molar-refractivity contribution in [2.75, 3.05) is 0 Å². The first-order chi connectivity index (χ1) is 7.97. The Hall–Kier alpha value is -1.91. The lowest BCUT2D eigenvalue weighted by molar-refractivity contribution is -0.148. The van der Waals surface area contributed by atoms with Crippen LogP contribution in [0.4, 0.5) is 4.39 Å². The van der Waals surface area contributed by atoms with Crippen molar-refractivity contribution < 1.29 is 19.1 Å². The highest BCUT2D eigenvalue weighted by molar-refractivity contribution is 5.78. The number of halogens is 1. The molecule has 1 unspecified atom stereocenters. The SMILES string of the molecule is CC(C)N(C=O)C(C(=O)O)c1ccc(F)cc1. The van der Waals surface area contributed by atoms with Gasteiger partial charge in [0.2, 0.25) is 6.41 Å². The molecule has 92 valence electrons. The van der Waals surface area contributed by atoms with Gasteiger partial charge in [-0.15, -0.1) is 0 Å². The number of amides is 1. The molecule has 0 aliphatic heterocycles. The Kier molecular flexibility index (Phi) is 4.20. The fourth-order valence-electron chi connectivity index (χ4n) is 1.57. The first-order valence-electron chi connectivity index (χ1n) is 5.18. The lowest BCUT2D eigenvalue weighted by atomic mass is 10.0. The first kappa shape index (κ1) is 13.2. The van der Waals surface area contributed by atoms with Gasteiger partial charge in [-0.25, -0.2) is 9.18 Å². The molecule has 0 aliphatic carbocycles. The maximum Gasteiger partial charge on any atom is 0.331 e. The van der Waals surface area contributed by atoms with Crippen molar-refractivity contribution in [2.45, 2.75) is 25.9 Å². The second kappa shape index (κ2) is 5.43. The summed E-state index contributed by atoms with van der Waals surface area (Å²) in [4.78, 5) is 23.3. The van der Waals surface area contributed by atoms with E-state index in [-0.39, 0.29) is 6.04 Å². The van der Waals surface area contributed by atoms with Gasteiger partial charge in [0.1, 0.15) is 5.82 Å². The van der Waals surface area contributed by atoms with Crippen LogP contribution in [0, 0.1) is 5.82 Å². The Bertz CT molecular complexity index is 403. The summed E-state index contributed by atoms with van der Waals surface area (Å²) in [6, 6.07) is 3.75. The van der Waals surface area contributed by atoms with E-state index in [9.17, 15) is 14.0 Å². The monoisotopic (exact) mass is 239 g/mol. The minimum Gasteiger partial charge on any atom is -0.479 e. The van der Waals surface area contributed by atoms with Gasteiger partial charge in [0.05, 0.1) is 0 Å². The number of carboxylic acids is 1. The van der Waals surface area contributed by atoms with Crippen LogP contribution in [-0.4, -0.2) is 28.4 Å². The molecule has 0 bridgehead atoms. The second-order valence-electron chi connectivity index (χ2n) is 3.94. The third kappa shape index (κ3) is 3.03. The van der Waals surface area contributed by atoms with Crippen LogP contribution in [0.3, 0.4) is 0 Å². The molecule has 1 rings (SSSR count). The quantitative estimate of drug-likeness (QED) is 0.797. The van der Waals surface area contributed by atoms with Crippen LogP contribution in [0.5, 0.6) is 0 Å². The highest BCUT2D eigenvalue weighted by Crippen LogP contribution is 2.22. The summed E-state index contributed by atoms with van der Waals surface area (Å²) < 4.78 is 12.8. The number of carbonyl (C=O) groups excluding carboxylic acids is 1. The van der Waals surface area contributed by atoms with Gasteiger partial charge >= 0.3 is 5.97 Å². The molecule has 0 aliphatic rings. The van der Waals surface area contributed by atoms with E-state index in [0.717, 1.165) is 0 Å². The van der Waals surface area contributed by atoms with Gasteiger partial charge in [-0.05, 0) is 31.5 Å². The van der Waals surface area contributed by atoms with E-state index in [0.29, 0.717) is 12.0 Å². The largest absolute Gasteiger partial charge is 0.479 e. The van der Waals surface area contributed by atoms with Crippen LogP contribution >= 0.6 is 0 Å². The highest BCUT2D eigenvalue weighted by Gasteiger charge is 2.28. The smallest absolute Gasteiger partial charge is 0.331 e. The molecular weight excluding hydrogens is 225 g/mol. The molecular formula is C12H14FNO3. The fourth-order valence-corrected chi connectivity index (χ4v) is 1.57. The minimum absolute atomic E-state index is 0.251.